The van der Waals surface area contributed by atoms with E-state index in [0.29, 0.717) is 15.8 Å². The summed E-state index contributed by atoms with van der Waals surface area (Å²) in [7, 11) is 1.53. The molecule has 0 aliphatic heterocycles. The molecule has 0 fully saturated rings. The van der Waals surface area contributed by atoms with Crippen LogP contribution in [-0.2, 0) is 5.60 Å². The monoisotopic (exact) mass is 358 g/mol. The Balaban J connectivity index is 2.57. The van der Waals surface area contributed by atoms with Crippen LogP contribution in [0.1, 0.15) is 18.1 Å². The van der Waals surface area contributed by atoms with Crippen LogP contribution in [-0.4, -0.2) is 12.2 Å². The molecule has 0 aromatic heterocycles. The molecule has 0 heterocycles. The van der Waals surface area contributed by atoms with Gasteiger partial charge in [0.2, 0.25) is 0 Å². The third-order valence-electron chi connectivity index (χ3n) is 3.19. The second kappa shape index (κ2) is 5.72. The van der Waals surface area contributed by atoms with Crippen LogP contribution in [0.25, 0.3) is 0 Å². The van der Waals surface area contributed by atoms with E-state index in [9.17, 15) is 9.50 Å². The maximum atomic E-state index is 14.3. The van der Waals surface area contributed by atoms with Crippen molar-refractivity contribution in [1.29, 1.82) is 0 Å². The molecule has 1 N–H and O–H groups in total. The number of hydrogen-bond acceptors (Lipinski definition) is 2. The number of ether oxygens (including phenoxy) is 1. The number of rotatable bonds is 3. The lowest BCUT2D eigenvalue weighted by Crippen LogP contribution is -2.24. The second-order valence-corrected chi connectivity index (χ2v) is 5.76. The Labute approximate surface area is 130 Å². The minimum atomic E-state index is -1.51. The zero-order valence-corrected chi connectivity index (χ0v) is 13.3. The van der Waals surface area contributed by atoms with E-state index in [0.717, 1.165) is 0 Å². The van der Waals surface area contributed by atoms with E-state index < -0.39 is 11.4 Å². The normalized spacial score (nSPS) is 13.9. The van der Waals surface area contributed by atoms with Crippen molar-refractivity contribution in [2.75, 3.05) is 7.11 Å². The van der Waals surface area contributed by atoms with Crippen LogP contribution >= 0.6 is 27.5 Å². The Morgan fingerprint density at radius 3 is 2.65 bits per heavy atom. The first-order valence-corrected chi connectivity index (χ1v) is 7.06. The molecule has 0 aliphatic carbocycles. The van der Waals surface area contributed by atoms with Gasteiger partial charge in [0.25, 0.3) is 0 Å². The summed E-state index contributed by atoms with van der Waals surface area (Å²) in [4.78, 5) is 0. The Bertz CT molecular complexity index is 644. The van der Waals surface area contributed by atoms with Gasteiger partial charge in [-0.2, -0.15) is 0 Å². The van der Waals surface area contributed by atoms with Gasteiger partial charge in [0.05, 0.1) is 12.1 Å². The summed E-state index contributed by atoms with van der Waals surface area (Å²) in [5, 5.41) is 10.7. The van der Waals surface area contributed by atoms with Gasteiger partial charge in [-0.15, -0.1) is 0 Å². The third kappa shape index (κ3) is 2.68. The summed E-state index contributed by atoms with van der Waals surface area (Å²) in [6.07, 6.45) is 0. The number of halogens is 3. The van der Waals surface area contributed by atoms with Crippen molar-refractivity contribution >= 4 is 27.5 Å². The van der Waals surface area contributed by atoms with E-state index >= 15 is 0 Å². The van der Waals surface area contributed by atoms with Crippen molar-refractivity contribution in [3.05, 3.63) is 62.8 Å². The summed E-state index contributed by atoms with van der Waals surface area (Å²) in [5.41, 5.74) is -0.878. The molecule has 0 radical (unpaired) electrons. The van der Waals surface area contributed by atoms with Gasteiger partial charge in [-0.1, -0.05) is 29.8 Å². The van der Waals surface area contributed by atoms with Gasteiger partial charge in [-0.3, -0.25) is 0 Å². The van der Waals surface area contributed by atoms with Crippen LogP contribution in [0.3, 0.4) is 0 Å². The molecule has 1 unspecified atom stereocenters. The molecule has 0 saturated heterocycles. The topological polar surface area (TPSA) is 29.5 Å². The van der Waals surface area contributed by atoms with E-state index in [1.807, 2.05) is 0 Å². The number of hydrogen-bond donors (Lipinski definition) is 1. The minimum Gasteiger partial charge on any atom is -0.497 e. The summed E-state index contributed by atoms with van der Waals surface area (Å²) in [6.45, 7) is 1.52. The molecule has 20 heavy (non-hydrogen) atoms. The fourth-order valence-electron chi connectivity index (χ4n) is 1.98. The molecule has 0 aliphatic rings. The van der Waals surface area contributed by atoms with E-state index in [-0.39, 0.29) is 10.6 Å². The number of benzene rings is 2. The molecule has 0 saturated carbocycles. The molecule has 106 valence electrons. The molecular formula is C15H13BrClFO2. The van der Waals surface area contributed by atoms with Gasteiger partial charge in [-0.05, 0) is 46.6 Å². The fraction of sp³-hybridized carbons (Fsp3) is 0.200. The summed E-state index contributed by atoms with van der Waals surface area (Å²) >= 11 is 9.03. The lowest BCUT2D eigenvalue weighted by Gasteiger charge is -2.26. The maximum absolute atomic E-state index is 14.3. The van der Waals surface area contributed by atoms with Crippen LogP contribution < -0.4 is 4.74 Å². The van der Waals surface area contributed by atoms with E-state index in [2.05, 4.69) is 15.9 Å². The summed E-state index contributed by atoms with van der Waals surface area (Å²) in [5.74, 6) is -0.0553. The average molecular weight is 360 g/mol. The summed E-state index contributed by atoms with van der Waals surface area (Å²) in [6, 6.07) is 9.97. The first kappa shape index (κ1) is 15.3. The van der Waals surface area contributed by atoms with Crippen molar-refractivity contribution < 1.29 is 14.2 Å². The average Bonchev–Trinajstić information content (AvgIpc) is 2.44. The van der Waals surface area contributed by atoms with E-state index in [4.69, 9.17) is 16.3 Å². The minimum absolute atomic E-state index is 0.0503. The molecule has 0 spiro atoms. The Morgan fingerprint density at radius 2 is 2.00 bits per heavy atom. The van der Waals surface area contributed by atoms with E-state index in [1.165, 1.54) is 20.1 Å². The van der Waals surface area contributed by atoms with Gasteiger partial charge in [0, 0.05) is 10.0 Å². The van der Waals surface area contributed by atoms with E-state index in [1.54, 1.807) is 30.3 Å². The predicted octanol–water partition coefficient (Wildman–Crippen LogP) is 4.51. The van der Waals surface area contributed by atoms with Crippen LogP contribution in [0.4, 0.5) is 4.39 Å². The van der Waals surface area contributed by atoms with Crippen LogP contribution in [0.15, 0.2) is 40.9 Å². The summed E-state index contributed by atoms with van der Waals surface area (Å²) < 4.78 is 19.8. The Morgan fingerprint density at radius 1 is 1.30 bits per heavy atom. The quantitative estimate of drug-likeness (QED) is 0.817. The fourth-order valence-corrected chi connectivity index (χ4v) is 2.45. The smallest absolute Gasteiger partial charge is 0.149 e. The molecule has 0 amide bonds. The van der Waals surface area contributed by atoms with Gasteiger partial charge in [0.1, 0.15) is 17.2 Å². The zero-order valence-electron chi connectivity index (χ0n) is 11.0. The lowest BCUT2D eigenvalue weighted by atomic mass is 9.88. The van der Waals surface area contributed by atoms with Crippen molar-refractivity contribution in [3.63, 3.8) is 0 Å². The van der Waals surface area contributed by atoms with Crippen molar-refractivity contribution in [1.82, 2.24) is 0 Å². The second-order valence-electron chi connectivity index (χ2n) is 4.53. The Hall–Kier alpha value is -1.10. The largest absolute Gasteiger partial charge is 0.497 e. The highest BCUT2D eigenvalue weighted by Gasteiger charge is 2.30. The highest BCUT2D eigenvalue weighted by Crippen LogP contribution is 2.37. The van der Waals surface area contributed by atoms with Gasteiger partial charge in [0.15, 0.2) is 0 Å². The maximum Gasteiger partial charge on any atom is 0.149 e. The van der Waals surface area contributed by atoms with Crippen molar-refractivity contribution in [2.45, 2.75) is 12.5 Å². The number of methoxy groups -OCH3 is 1. The lowest BCUT2D eigenvalue weighted by molar-refractivity contribution is 0.0976. The first-order valence-electron chi connectivity index (χ1n) is 5.88. The third-order valence-corrected chi connectivity index (χ3v) is 4.45. The SMILES string of the molecule is COc1cccc(C(C)(O)c2ccc(Br)c(Cl)c2F)c1. The molecular weight excluding hydrogens is 347 g/mol. The molecule has 1 atom stereocenters. The number of aliphatic hydroxyl groups is 1. The van der Waals surface area contributed by atoms with Crippen LogP contribution in [0.5, 0.6) is 5.75 Å². The molecule has 5 heteroatoms. The van der Waals surface area contributed by atoms with Gasteiger partial charge in [-0.25, -0.2) is 4.39 Å². The van der Waals surface area contributed by atoms with Crippen molar-refractivity contribution in [2.24, 2.45) is 0 Å². The predicted molar refractivity (Wildman–Crippen MR) is 80.8 cm³/mol. The molecule has 2 aromatic rings. The molecule has 2 aromatic carbocycles. The molecule has 2 rings (SSSR count). The van der Waals surface area contributed by atoms with Crippen molar-refractivity contribution in [3.8, 4) is 5.75 Å². The Kier molecular flexibility index (Phi) is 4.37. The molecule has 0 bridgehead atoms. The van der Waals surface area contributed by atoms with Gasteiger partial charge >= 0.3 is 0 Å². The van der Waals surface area contributed by atoms with Crippen LogP contribution in [0.2, 0.25) is 5.02 Å². The highest BCUT2D eigenvalue weighted by atomic mass is 79.9. The molecule has 2 nitrogen and oxygen atoms in total. The van der Waals surface area contributed by atoms with Crippen LogP contribution in [0, 0.1) is 5.82 Å². The standard InChI is InChI=1S/C15H13BrClFO2/c1-15(19,9-4-3-5-10(8-9)20-2)11-6-7-12(16)13(17)14(11)18/h3-8,19H,1-2H3. The van der Waals surface area contributed by atoms with Gasteiger partial charge < -0.3 is 9.84 Å². The highest BCUT2D eigenvalue weighted by molar-refractivity contribution is 9.10. The first-order chi connectivity index (χ1) is 9.37. The zero-order chi connectivity index (χ0) is 14.9.